The van der Waals surface area contributed by atoms with Crippen LogP contribution in [0.5, 0.6) is 0 Å². The Morgan fingerprint density at radius 1 is 1.33 bits per heavy atom. The number of nitrogens with zero attached hydrogens (tertiary/aromatic N) is 3. The minimum atomic E-state index is 0.752. The number of anilines is 1. The zero-order valence-electron chi connectivity index (χ0n) is 10.1. The molecule has 3 aromatic heterocycles. The van der Waals surface area contributed by atoms with Gasteiger partial charge in [-0.1, -0.05) is 13.0 Å². The summed E-state index contributed by atoms with van der Waals surface area (Å²) in [6.45, 7) is 2.90. The fraction of sp³-hybridized carbons (Fsp3) is 0.231. The summed E-state index contributed by atoms with van der Waals surface area (Å²) >= 11 is 1.76. The minimum Gasteiger partial charge on any atom is -0.365 e. The van der Waals surface area contributed by atoms with Crippen molar-refractivity contribution in [3.05, 3.63) is 46.7 Å². The molecule has 4 nitrogen and oxygen atoms in total. The lowest BCUT2D eigenvalue weighted by molar-refractivity contribution is 1.05. The highest BCUT2D eigenvalue weighted by atomic mass is 32.1. The number of fused-ring (bicyclic) bond motifs is 1. The average Bonchev–Trinajstić information content (AvgIpc) is 3.05. The van der Waals surface area contributed by atoms with Crippen molar-refractivity contribution in [1.82, 2.24) is 14.4 Å². The molecule has 3 aromatic rings. The maximum atomic E-state index is 4.40. The molecule has 92 valence electrons. The van der Waals surface area contributed by atoms with E-state index in [2.05, 4.69) is 22.2 Å². The van der Waals surface area contributed by atoms with Gasteiger partial charge in [0, 0.05) is 23.5 Å². The van der Waals surface area contributed by atoms with Gasteiger partial charge in [-0.25, -0.2) is 9.97 Å². The Bertz CT molecular complexity index is 656. The van der Waals surface area contributed by atoms with Crippen molar-refractivity contribution >= 4 is 22.8 Å². The first-order chi connectivity index (χ1) is 8.86. The SMILES string of the molecule is CCc1cnc(CNc2cccc3nccn23)s1. The number of imidazole rings is 1. The molecule has 0 aliphatic heterocycles. The van der Waals surface area contributed by atoms with E-state index in [0.717, 1.165) is 29.4 Å². The van der Waals surface area contributed by atoms with Crippen LogP contribution in [0, 0.1) is 0 Å². The standard InChI is InChI=1S/C13H14N4S/c1-2-10-8-16-13(18-10)9-15-12-5-3-4-11-14-6-7-17(11)12/h3-8,15H,2,9H2,1H3. The summed E-state index contributed by atoms with van der Waals surface area (Å²) in [5, 5.41) is 4.51. The number of aryl methyl sites for hydroxylation is 1. The predicted octanol–water partition coefficient (Wildman–Crippen LogP) is 2.97. The van der Waals surface area contributed by atoms with Crippen LogP contribution in [-0.2, 0) is 13.0 Å². The zero-order valence-corrected chi connectivity index (χ0v) is 10.9. The van der Waals surface area contributed by atoms with Crippen molar-refractivity contribution in [2.75, 3.05) is 5.32 Å². The van der Waals surface area contributed by atoms with Gasteiger partial charge in [0.2, 0.25) is 0 Å². The van der Waals surface area contributed by atoms with E-state index in [-0.39, 0.29) is 0 Å². The molecule has 3 rings (SSSR count). The van der Waals surface area contributed by atoms with E-state index in [4.69, 9.17) is 0 Å². The summed E-state index contributed by atoms with van der Waals surface area (Å²) in [6, 6.07) is 6.04. The number of pyridine rings is 1. The van der Waals surface area contributed by atoms with Crippen LogP contribution < -0.4 is 5.32 Å². The van der Waals surface area contributed by atoms with Crippen molar-refractivity contribution < 1.29 is 0 Å². The lowest BCUT2D eigenvalue weighted by Gasteiger charge is -2.06. The third-order valence-corrected chi connectivity index (χ3v) is 3.94. The topological polar surface area (TPSA) is 42.2 Å². The van der Waals surface area contributed by atoms with Crippen LogP contribution in [-0.4, -0.2) is 14.4 Å². The molecule has 0 amide bonds. The van der Waals surface area contributed by atoms with Gasteiger partial charge in [0.1, 0.15) is 16.5 Å². The summed E-state index contributed by atoms with van der Waals surface area (Å²) in [6.07, 6.45) is 6.77. The number of hydrogen-bond donors (Lipinski definition) is 1. The van der Waals surface area contributed by atoms with E-state index in [1.54, 1.807) is 17.5 Å². The van der Waals surface area contributed by atoms with Gasteiger partial charge >= 0.3 is 0 Å². The summed E-state index contributed by atoms with van der Waals surface area (Å²) in [5.41, 5.74) is 0.952. The molecule has 0 saturated heterocycles. The van der Waals surface area contributed by atoms with Gasteiger partial charge < -0.3 is 5.32 Å². The molecule has 1 N–H and O–H groups in total. The molecule has 18 heavy (non-hydrogen) atoms. The third kappa shape index (κ3) is 2.09. The summed E-state index contributed by atoms with van der Waals surface area (Å²) in [4.78, 5) is 9.99. The molecule has 0 radical (unpaired) electrons. The molecule has 0 spiro atoms. The molecule has 5 heteroatoms. The molecule has 0 atom stereocenters. The molecule has 0 aromatic carbocycles. The van der Waals surface area contributed by atoms with E-state index in [1.165, 1.54) is 4.88 Å². The lowest BCUT2D eigenvalue weighted by atomic mass is 10.4. The van der Waals surface area contributed by atoms with Crippen LogP contribution in [0.2, 0.25) is 0 Å². The number of rotatable bonds is 4. The highest BCUT2D eigenvalue weighted by Gasteiger charge is 2.03. The summed E-state index contributed by atoms with van der Waals surface area (Å²) in [5.74, 6) is 1.04. The highest BCUT2D eigenvalue weighted by molar-refractivity contribution is 7.11. The minimum absolute atomic E-state index is 0.752. The Hall–Kier alpha value is -1.88. The Morgan fingerprint density at radius 3 is 3.11 bits per heavy atom. The molecule has 0 fully saturated rings. The maximum absolute atomic E-state index is 4.40. The molecule has 0 aliphatic carbocycles. The molecule has 3 heterocycles. The molecular formula is C13H14N4S. The van der Waals surface area contributed by atoms with E-state index >= 15 is 0 Å². The smallest absolute Gasteiger partial charge is 0.138 e. The molecule has 0 unspecified atom stereocenters. The van der Waals surface area contributed by atoms with Crippen LogP contribution in [0.4, 0.5) is 5.82 Å². The second-order valence-electron chi connectivity index (χ2n) is 3.99. The number of nitrogens with one attached hydrogen (secondary N) is 1. The number of hydrogen-bond acceptors (Lipinski definition) is 4. The fourth-order valence-electron chi connectivity index (χ4n) is 1.85. The van der Waals surface area contributed by atoms with Gasteiger partial charge in [-0.15, -0.1) is 11.3 Å². The number of thiazole rings is 1. The van der Waals surface area contributed by atoms with Crippen molar-refractivity contribution in [3.63, 3.8) is 0 Å². The van der Waals surface area contributed by atoms with Crippen LogP contribution >= 0.6 is 11.3 Å². The fourth-order valence-corrected chi connectivity index (χ4v) is 2.65. The van der Waals surface area contributed by atoms with Gasteiger partial charge in [-0.2, -0.15) is 0 Å². The van der Waals surface area contributed by atoms with E-state index < -0.39 is 0 Å². The van der Waals surface area contributed by atoms with Crippen LogP contribution in [0.1, 0.15) is 16.8 Å². The van der Waals surface area contributed by atoms with Gasteiger partial charge in [-0.3, -0.25) is 4.40 Å². The monoisotopic (exact) mass is 258 g/mol. The Labute approximate surface area is 109 Å². The Morgan fingerprint density at radius 2 is 2.28 bits per heavy atom. The summed E-state index contributed by atoms with van der Waals surface area (Å²) in [7, 11) is 0. The first kappa shape index (κ1) is 11.2. The van der Waals surface area contributed by atoms with Gasteiger partial charge in [0.15, 0.2) is 0 Å². The summed E-state index contributed by atoms with van der Waals surface area (Å²) < 4.78 is 2.04. The van der Waals surface area contributed by atoms with Crippen molar-refractivity contribution in [2.45, 2.75) is 19.9 Å². The maximum Gasteiger partial charge on any atom is 0.138 e. The van der Waals surface area contributed by atoms with Crippen LogP contribution in [0.25, 0.3) is 5.65 Å². The Kier molecular flexibility index (Phi) is 2.98. The van der Waals surface area contributed by atoms with Crippen LogP contribution in [0.15, 0.2) is 36.8 Å². The van der Waals surface area contributed by atoms with Gasteiger partial charge in [0.25, 0.3) is 0 Å². The van der Waals surface area contributed by atoms with Crippen molar-refractivity contribution in [3.8, 4) is 0 Å². The third-order valence-electron chi connectivity index (χ3n) is 2.80. The van der Waals surface area contributed by atoms with E-state index in [9.17, 15) is 0 Å². The zero-order chi connectivity index (χ0) is 12.4. The second kappa shape index (κ2) is 4.78. The Balaban J connectivity index is 1.78. The highest BCUT2D eigenvalue weighted by Crippen LogP contribution is 2.16. The first-order valence-electron chi connectivity index (χ1n) is 5.96. The normalized spacial score (nSPS) is 10.9. The molecule has 0 bridgehead atoms. The molecule has 0 aliphatic rings. The van der Waals surface area contributed by atoms with Crippen molar-refractivity contribution in [1.29, 1.82) is 0 Å². The first-order valence-corrected chi connectivity index (χ1v) is 6.78. The van der Waals surface area contributed by atoms with E-state index in [0.29, 0.717) is 0 Å². The van der Waals surface area contributed by atoms with Crippen molar-refractivity contribution in [2.24, 2.45) is 0 Å². The van der Waals surface area contributed by atoms with Gasteiger partial charge in [0.05, 0.1) is 6.54 Å². The van der Waals surface area contributed by atoms with E-state index in [1.807, 2.05) is 35.0 Å². The molecular weight excluding hydrogens is 244 g/mol. The average molecular weight is 258 g/mol. The van der Waals surface area contributed by atoms with Crippen LogP contribution in [0.3, 0.4) is 0 Å². The second-order valence-corrected chi connectivity index (χ2v) is 5.19. The van der Waals surface area contributed by atoms with Gasteiger partial charge in [-0.05, 0) is 18.6 Å². The molecule has 0 saturated carbocycles. The largest absolute Gasteiger partial charge is 0.365 e. The predicted molar refractivity (Wildman–Crippen MR) is 74.0 cm³/mol. The number of aromatic nitrogens is 3. The quantitative estimate of drug-likeness (QED) is 0.782. The lowest BCUT2D eigenvalue weighted by Crippen LogP contribution is -2.03.